The number of benzene rings is 1. The molecule has 1 aromatic heterocycles. The minimum Gasteiger partial charge on any atom is -0.361 e. The van der Waals surface area contributed by atoms with Gasteiger partial charge in [-0.1, -0.05) is 25.9 Å². The molecule has 6 heteroatoms. The van der Waals surface area contributed by atoms with Gasteiger partial charge >= 0.3 is 6.03 Å². The summed E-state index contributed by atoms with van der Waals surface area (Å²) in [7, 11) is 0. The fraction of sp³-hybridized carbons (Fsp3) is 0.412. The second-order valence-electron chi connectivity index (χ2n) is 6.43. The minimum atomic E-state index is -0.259. The number of nitrogens with one attached hydrogen (secondary N) is 2. The van der Waals surface area contributed by atoms with Crippen LogP contribution in [0.2, 0.25) is 0 Å². The van der Waals surface area contributed by atoms with Gasteiger partial charge < -0.3 is 15.2 Å². The van der Waals surface area contributed by atoms with Crippen LogP contribution in [0.5, 0.6) is 0 Å². The van der Waals surface area contributed by atoms with Gasteiger partial charge in [-0.15, -0.1) is 11.8 Å². The van der Waals surface area contributed by atoms with Crippen LogP contribution >= 0.6 is 11.8 Å². The Bertz CT molecular complexity index is 689. The number of amides is 2. The smallest absolute Gasteiger partial charge is 0.319 e. The first-order valence-corrected chi connectivity index (χ1v) is 8.31. The highest BCUT2D eigenvalue weighted by molar-refractivity contribution is 8.00. The molecule has 2 rings (SSSR count). The highest BCUT2D eigenvalue weighted by atomic mass is 32.2. The molecule has 0 unspecified atom stereocenters. The largest absolute Gasteiger partial charge is 0.361 e. The molecule has 0 radical (unpaired) electrons. The van der Waals surface area contributed by atoms with Crippen molar-refractivity contribution in [2.75, 3.05) is 5.32 Å². The van der Waals surface area contributed by atoms with Crippen LogP contribution in [-0.2, 0) is 6.54 Å². The van der Waals surface area contributed by atoms with Crippen molar-refractivity contribution in [3.63, 3.8) is 0 Å². The van der Waals surface area contributed by atoms with Crippen LogP contribution in [0.3, 0.4) is 0 Å². The molecule has 0 saturated carbocycles. The molecular weight excluding hydrogens is 310 g/mol. The van der Waals surface area contributed by atoms with Gasteiger partial charge in [0.1, 0.15) is 11.5 Å². The van der Waals surface area contributed by atoms with Crippen molar-refractivity contribution in [2.24, 2.45) is 0 Å². The molecule has 2 N–H and O–H groups in total. The maximum absolute atomic E-state index is 12.0. The number of hydrogen-bond acceptors (Lipinski definition) is 4. The third-order valence-electron chi connectivity index (χ3n) is 2.98. The monoisotopic (exact) mass is 333 g/mol. The number of thioether (sulfide) groups is 1. The summed E-state index contributed by atoms with van der Waals surface area (Å²) in [6.07, 6.45) is 0. The van der Waals surface area contributed by atoms with E-state index in [-0.39, 0.29) is 10.8 Å². The number of aryl methyl sites for hydroxylation is 2. The van der Waals surface area contributed by atoms with E-state index in [2.05, 4.69) is 42.6 Å². The van der Waals surface area contributed by atoms with Crippen molar-refractivity contribution in [2.45, 2.75) is 50.8 Å². The summed E-state index contributed by atoms with van der Waals surface area (Å²) in [4.78, 5) is 13.2. The Labute approximate surface area is 141 Å². The molecule has 0 aliphatic carbocycles. The Kier molecular flexibility index (Phi) is 5.36. The Hall–Kier alpha value is -1.95. The van der Waals surface area contributed by atoms with Crippen molar-refractivity contribution in [1.29, 1.82) is 0 Å². The van der Waals surface area contributed by atoms with Gasteiger partial charge in [-0.2, -0.15) is 0 Å². The fourth-order valence-corrected chi connectivity index (χ4v) is 3.11. The van der Waals surface area contributed by atoms with Crippen molar-refractivity contribution in [3.8, 4) is 0 Å². The van der Waals surface area contributed by atoms with E-state index in [9.17, 15) is 4.79 Å². The van der Waals surface area contributed by atoms with Crippen LogP contribution in [0.4, 0.5) is 10.5 Å². The standard InChI is InChI=1S/C17H23N3O2S/c1-11-8-14(23-17(3,4)5)6-7-15(11)19-16(21)18-10-13-9-12(2)22-20-13/h6-9H,10H2,1-5H3,(H2,18,19,21). The molecule has 0 aliphatic rings. The topological polar surface area (TPSA) is 67.2 Å². The lowest BCUT2D eigenvalue weighted by Gasteiger charge is -2.18. The van der Waals surface area contributed by atoms with E-state index in [0.29, 0.717) is 12.2 Å². The number of carbonyl (C=O) groups excluding carboxylic acids is 1. The number of urea groups is 1. The molecule has 0 spiro atoms. The molecule has 2 aromatic rings. The summed E-state index contributed by atoms with van der Waals surface area (Å²) in [5, 5.41) is 9.46. The Balaban J connectivity index is 1.92. The van der Waals surface area contributed by atoms with Gasteiger partial charge in [0.25, 0.3) is 0 Å². The van der Waals surface area contributed by atoms with Crippen LogP contribution in [0.15, 0.2) is 33.7 Å². The van der Waals surface area contributed by atoms with Crippen LogP contribution < -0.4 is 10.6 Å². The van der Waals surface area contributed by atoms with Crippen LogP contribution in [0, 0.1) is 13.8 Å². The van der Waals surface area contributed by atoms with Gasteiger partial charge in [0.05, 0.1) is 6.54 Å². The SMILES string of the molecule is Cc1cc(CNC(=O)Nc2ccc(SC(C)(C)C)cc2C)no1. The Morgan fingerprint density at radius 3 is 2.57 bits per heavy atom. The number of anilines is 1. The number of hydrogen-bond donors (Lipinski definition) is 2. The zero-order valence-corrected chi connectivity index (χ0v) is 15.0. The summed E-state index contributed by atoms with van der Waals surface area (Å²) in [6.45, 7) is 10.7. The van der Waals surface area contributed by atoms with E-state index >= 15 is 0 Å². The average Bonchev–Trinajstić information content (AvgIpc) is 2.84. The van der Waals surface area contributed by atoms with E-state index in [1.54, 1.807) is 17.8 Å². The van der Waals surface area contributed by atoms with Gasteiger partial charge in [-0.3, -0.25) is 0 Å². The van der Waals surface area contributed by atoms with Crippen LogP contribution in [0.25, 0.3) is 0 Å². The predicted molar refractivity (Wildman–Crippen MR) is 93.9 cm³/mol. The van der Waals surface area contributed by atoms with Crippen LogP contribution in [-0.4, -0.2) is 15.9 Å². The maximum atomic E-state index is 12.0. The first-order valence-electron chi connectivity index (χ1n) is 7.50. The van der Waals surface area contributed by atoms with Gasteiger partial charge in [0.2, 0.25) is 0 Å². The molecule has 2 amide bonds. The molecule has 124 valence electrons. The summed E-state index contributed by atoms with van der Waals surface area (Å²) < 4.78 is 5.12. The number of carbonyl (C=O) groups is 1. The van der Waals surface area contributed by atoms with Crippen molar-refractivity contribution >= 4 is 23.5 Å². The molecular formula is C17H23N3O2S. The molecule has 23 heavy (non-hydrogen) atoms. The first-order chi connectivity index (χ1) is 10.7. The second-order valence-corrected chi connectivity index (χ2v) is 8.33. The average molecular weight is 333 g/mol. The third kappa shape index (κ3) is 5.63. The van der Waals surface area contributed by atoms with E-state index in [1.807, 2.05) is 26.0 Å². The highest BCUT2D eigenvalue weighted by Crippen LogP contribution is 2.33. The maximum Gasteiger partial charge on any atom is 0.319 e. The van der Waals surface area contributed by atoms with Crippen molar-refractivity contribution in [3.05, 3.63) is 41.3 Å². The zero-order chi connectivity index (χ0) is 17.0. The quantitative estimate of drug-likeness (QED) is 0.808. The van der Waals surface area contributed by atoms with Gasteiger partial charge in [-0.25, -0.2) is 4.79 Å². The first kappa shape index (κ1) is 17.4. The molecule has 1 heterocycles. The second kappa shape index (κ2) is 7.08. The summed E-state index contributed by atoms with van der Waals surface area (Å²) in [5.41, 5.74) is 2.54. The normalized spacial score (nSPS) is 11.3. The summed E-state index contributed by atoms with van der Waals surface area (Å²) in [5.74, 6) is 0.727. The molecule has 5 nitrogen and oxygen atoms in total. The van der Waals surface area contributed by atoms with Gasteiger partial charge in [0.15, 0.2) is 0 Å². The van der Waals surface area contributed by atoms with Gasteiger partial charge in [-0.05, 0) is 37.6 Å². The lowest BCUT2D eigenvalue weighted by atomic mass is 10.2. The Morgan fingerprint density at radius 1 is 1.26 bits per heavy atom. The zero-order valence-electron chi connectivity index (χ0n) is 14.2. The van der Waals surface area contributed by atoms with E-state index < -0.39 is 0 Å². The number of rotatable bonds is 4. The van der Waals surface area contributed by atoms with E-state index in [0.717, 1.165) is 17.0 Å². The number of nitrogens with zero attached hydrogens (tertiary/aromatic N) is 1. The summed E-state index contributed by atoms with van der Waals surface area (Å²) >= 11 is 1.81. The van der Waals surface area contributed by atoms with Crippen molar-refractivity contribution < 1.29 is 9.32 Å². The molecule has 0 bridgehead atoms. The van der Waals surface area contributed by atoms with E-state index in [4.69, 9.17) is 4.52 Å². The minimum absolute atomic E-state index is 0.161. The van der Waals surface area contributed by atoms with Crippen LogP contribution in [0.1, 0.15) is 37.8 Å². The van der Waals surface area contributed by atoms with Gasteiger partial charge in [0, 0.05) is 21.4 Å². The molecule has 0 atom stereocenters. The van der Waals surface area contributed by atoms with Crippen molar-refractivity contribution in [1.82, 2.24) is 10.5 Å². The highest BCUT2D eigenvalue weighted by Gasteiger charge is 2.13. The lowest BCUT2D eigenvalue weighted by molar-refractivity contribution is 0.251. The predicted octanol–water partition coefficient (Wildman–Crippen LogP) is 4.50. The molecule has 0 saturated heterocycles. The Morgan fingerprint density at radius 2 is 2.00 bits per heavy atom. The fourth-order valence-electron chi connectivity index (χ4n) is 2.03. The number of aromatic nitrogens is 1. The third-order valence-corrected chi connectivity index (χ3v) is 4.08. The molecule has 0 aliphatic heterocycles. The summed E-state index contributed by atoms with van der Waals surface area (Å²) in [6, 6.07) is 7.59. The van der Waals surface area contributed by atoms with E-state index in [1.165, 1.54) is 4.90 Å². The molecule has 1 aromatic carbocycles. The molecule has 0 fully saturated rings. The lowest BCUT2D eigenvalue weighted by Crippen LogP contribution is -2.28.